The SMILES string of the molecule is CCC(C)NC(=O)c1cccc(NC(=O)c2cc([N+](=O)[O-])cc([N+](=O)[O-])c2)c1. The van der Waals surface area contributed by atoms with Gasteiger partial charge in [0.25, 0.3) is 23.2 Å². The first-order valence-electron chi connectivity index (χ1n) is 8.37. The molecule has 2 aromatic rings. The van der Waals surface area contributed by atoms with Gasteiger partial charge in [0.2, 0.25) is 0 Å². The highest BCUT2D eigenvalue weighted by Crippen LogP contribution is 2.23. The fourth-order valence-corrected chi connectivity index (χ4v) is 2.29. The minimum absolute atomic E-state index is 0.0174. The first-order chi connectivity index (χ1) is 13.2. The molecule has 2 N–H and O–H groups in total. The molecule has 1 unspecified atom stereocenters. The highest BCUT2D eigenvalue weighted by Gasteiger charge is 2.20. The first-order valence-corrected chi connectivity index (χ1v) is 8.37. The molecule has 0 radical (unpaired) electrons. The van der Waals surface area contributed by atoms with Crippen LogP contribution in [-0.2, 0) is 0 Å². The third-order valence-electron chi connectivity index (χ3n) is 3.96. The number of carbonyl (C=O) groups excluding carboxylic acids is 2. The Labute approximate surface area is 159 Å². The summed E-state index contributed by atoms with van der Waals surface area (Å²) >= 11 is 0. The Morgan fingerprint density at radius 2 is 1.57 bits per heavy atom. The summed E-state index contributed by atoms with van der Waals surface area (Å²) in [5.41, 5.74) is -0.781. The molecule has 2 rings (SSSR count). The molecule has 0 bridgehead atoms. The van der Waals surface area contributed by atoms with Gasteiger partial charge in [0, 0.05) is 29.4 Å². The highest BCUT2D eigenvalue weighted by molar-refractivity contribution is 6.06. The lowest BCUT2D eigenvalue weighted by molar-refractivity contribution is -0.394. The van der Waals surface area contributed by atoms with Crippen LogP contribution in [-0.4, -0.2) is 27.7 Å². The third kappa shape index (κ3) is 5.10. The molecule has 2 aromatic carbocycles. The van der Waals surface area contributed by atoms with Crippen LogP contribution in [0.1, 0.15) is 41.0 Å². The molecule has 0 aliphatic heterocycles. The normalized spacial score (nSPS) is 11.4. The number of nitrogens with zero attached hydrogens (tertiary/aromatic N) is 2. The summed E-state index contributed by atoms with van der Waals surface area (Å²) < 4.78 is 0. The van der Waals surface area contributed by atoms with Gasteiger partial charge in [-0.1, -0.05) is 13.0 Å². The Morgan fingerprint density at radius 1 is 0.964 bits per heavy atom. The Balaban J connectivity index is 2.26. The maximum Gasteiger partial charge on any atom is 0.277 e. The molecule has 10 heteroatoms. The van der Waals surface area contributed by atoms with Gasteiger partial charge in [0.05, 0.1) is 21.5 Å². The summed E-state index contributed by atoms with van der Waals surface area (Å²) in [7, 11) is 0. The summed E-state index contributed by atoms with van der Waals surface area (Å²) in [6.07, 6.45) is 0.758. The maximum atomic E-state index is 12.4. The monoisotopic (exact) mass is 386 g/mol. The van der Waals surface area contributed by atoms with Gasteiger partial charge in [-0.3, -0.25) is 29.8 Å². The number of hydrogen-bond donors (Lipinski definition) is 2. The highest BCUT2D eigenvalue weighted by atomic mass is 16.6. The second-order valence-corrected chi connectivity index (χ2v) is 6.07. The minimum atomic E-state index is -0.816. The van der Waals surface area contributed by atoms with E-state index in [1.807, 2.05) is 13.8 Å². The van der Waals surface area contributed by atoms with E-state index in [0.717, 1.165) is 24.6 Å². The topological polar surface area (TPSA) is 144 Å². The van der Waals surface area contributed by atoms with Crippen molar-refractivity contribution in [2.45, 2.75) is 26.3 Å². The molecule has 0 heterocycles. The van der Waals surface area contributed by atoms with Crippen molar-refractivity contribution < 1.29 is 19.4 Å². The molecule has 10 nitrogen and oxygen atoms in total. The molecule has 0 saturated heterocycles. The molecule has 28 heavy (non-hydrogen) atoms. The first kappa shape index (κ1) is 20.5. The number of amides is 2. The number of carbonyl (C=O) groups is 2. The number of nitro benzene ring substituents is 2. The van der Waals surface area contributed by atoms with E-state index in [4.69, 9.17) is 0 Å². The van der Waals surface area contributed by atoms with Crippen LogP contribution in [0.25, 0.3) is 0 Å². The van der Waals surface area contributed by atoms with E-state index in [2.05, 4.69) is 10.6 Å². The van der Waals surface area contributed by atoms with Gasteiger partial charge >= 0.3 is 0 Å². The van der Waals surface area contributed by atoms with Crippen LogP contribution < -0.4 is 10.6 Å². The van der Waals surface area contributed by atoms with E-state index >= 15 is 0 Å². The van der Waals surface area contributed by atoms with E-state index in [9.17, 15) is 29.8 Å². The van der Waals surface area contributed by atoms with Gasteiger partial charge in [0.15, 0.2) is 0 Å². The predicted molar refractivity (Wildman–Crippen MR) is 101 cm³/mol. The van der Waals surface area contributed by atoms with Crippen molar-refractivity contribution in [1.82, 2.24) is 5.32 Å². The summed E-state index contributed by atoms with van der Waals surface area (Å²) in [5.74, 6) is -1.08. The molecule has 0 spiro atoms. The van der Waals surface area contributed by atoms with Crippen molar-refractivity contribution in [1.29, 1.82) is 0 Å². The molecule has 1 atom stereocenters. The van der Waals surface area contributed by atoms with E-state index in [0.29, 0.717) is 5.56 Å². The summed E-state index contributed by atoms with van der Waals surface area (Å²) in [6.45, 7) is 3.79. The van der Waals surface area contributed by atoms with Gasteiger partial charge < -0.3 is 10.6 Å². The Bertz CT molecular complexity index is 911. The Kier molecular flexibility index (Phi) is 6.38. The summed E-state index contributed by atoms with van der Waals surface area (Å²) in [6, 6.07) is 8.77. The van der Waals surface area contributed by atoms with Gasteiger partial charge in [-0.25, -0.2) is 0 Å². The van der Waals surface area contributed by atoms with E-state index in [-0.39, 0.29) is 23.2 Å². The summed E-state index contributed by atoms with van der Waals surface area (Å²) in [5, 5.41) is 27.2. The molecule has 146 valence electrons. The van der Waals surface area contributed by atoms with Crippen molar-refractivity contribution in [2.75, 3.05) is 5.32 Å². The maximum absolute atomic E-state index is 12.4. The zero-order chi connectivity index (χ0) is 20.8. The average Bonchev–Trinajstić information content (AvgIpc) is 2.67. The molecular formula is C18H18N4O6. The number of rotatable bonds is 7. The van der Waals surface area contributed by atoms with Crippen molar-refractivity contribution in [3.05, 3.63) is 73.8 Å². The van der Waals surface area contributed by atoms with Crippen molar-refractivity contribution >= 4 is 28.9 Å². The largest absolute Gasteiger partial charge is 0.350 e. The van der Waals surface area contributed by atoms with Crippen LogP contribution in [0.4, 0.5) is 17.1 Å². The number of non-ortho nitro benzene ring substituents is 2. The van der Waals surface area contributed by atoms with Crippen LogP contribution >= 0.6 is 0 Å². The standard InChI is InChI=1S/C18H18N4O6/c1-3-11(2)19-17(23)12-5-4-6-14(7-12)20-18(24)13-8-15(21(25)26)10-16(9-13)22(27)28/h4-11H,3H2,1-2H3,(H,19,23)(H,20,24). The number of benzene rings is 2. The Hall–Kier alpha value is -3.82. The lowest BCUT2D eigenvalue weighted by Gasteiger charge is -2.12. The van der Waals surface area contributed by atoms with Crippen LogP contribution in [0, 0.1) is 20.2 Å². The van der Waals surface area contributed by atoms with Crippen LogP contribution in [0.15, 0.2) is 42.5 Å². The van der Waals surface area contributed by atoms with Crippen LogP contribution in [0.3, 0.4) is 0 Å². The van der Waals surface area contributed by atoms with Crippen LogP contribution in [0.2, 0.25) is 0 Å². The van der Waals surface area contributed by atoms with E-state index in [1.165, 1.54) is 12.1 Å². The smallest absolute Gasteiger partial charge is 0.277 e. The van der Waals surface area contributed by atoms with Gasteiger partial charge in [-0.15, -0.1) is 0 Å². The minimum Gasteiger partial charge on any atom is -0.350 e. The fraction of sp³-hybridized carbons (Fsp3) is 0.222. The summed E-state index contributed by atoms with van der Waals surface area (Å²) in [4.78, 5) is 44.9. The number of anilines is 1. The van der Waals surface area contributed by atoms with E-state index < -0.39 is 27.1 Å². The third-order valence-corrected chi connectivity index (χ3v) is 3.96. The quantitative estimate of drug-likeness (QED) is 0.552. The predicted octanol–water partition coefficient (Wildman–Crippen LogP) is 3.28. The lowest BCUT2D eigenvalue weighted by Crippen LogP contribution is -2.31. The fourth-order valence-electron chi connectivity index (χ4n) is 2.29. The molecule has 0 aromatic heterocycles. The average molecular weight is 386 g/mol. The van der Waals surface area contributed by atoms with Crippen LogP contribution in [0.5, 0.6) is 0 Å². The van der Waals surface area contributed by atoms with Crippen molar-refractivity contribution in [3.8, 4) is 0 Å². The molecule has 2 amide bonds. The number of hydrogen-bond acceptors (Lipinski definition) is 6. The van der Waals surface area contributed by atoms with Crippen molar-refractivity contribution in [2.24, 2.45) is 0 Å². The second kappa shape index (κ2) is 8.71. The molecular weight excluding hydrogens is 368 g/mol. The van der Waals surface area contributed by atoms with Gasteiger partial charge in [0.1, 0.15) is 0 Å². The molecule has 0 aliphatic carbocycles. The molecule has 0 fully saturated rings. The number of nitrogens with one attached hydrogen (secondary N) is 2. The lowest BCUT2D eigenvalue weighted by atomic mass is 10.1. The molecule has 0 aliphatic rings. The van der Waals surface area contributed by atoms with E-state index in [1.54, 1.807) is 12.1 Å². The molecule has 0 saturated carbocycles. The van der Waals surface area contributed by atoms with Crippen molar-refractivity contribution in [3.63, 3.8) is 0 Å². The Morgan fingerprint density at radius 3 is 2.11 bits per heavy atom. The second-order valence-electron chi connectivity index (χ2n) is 6.07. The van der Waals surface area contributed by atoms with Gasteiger partial charge in [-0.05, 0) is 31.5 Å². The number of nitro groups is 2. The zero-order valence-corrected chi connectivity index (χ0v) is 15.2. The van der Waals surface area contributed by atoms with Gasteiger partial charge in [-0.2, -0.15) is 0 Å². The zero-order valence-electron chi connectivity index (χ0n) is 15.2.